The van der Waals surface area contributed by atoms with E-state index in [1.165, 1.54) is 17.5 Å². The summed E-state index contributed by atoms with van der Waals surface area (Å²) in [5.41, 5.74) is 0.823. The Labute approximate surface area is 185 Å². The van der Waals surface area contributed by atoms with Crippen LogP contribution in [0.25, 0.3) is 0 Å². The van der Waals surface area contributed by atoms with Gasteiger partial charge in [-0.1, -0.05) is 18.8 Å². The predicted octanol–water partition coefficient (Wildman–Crippen LogP) is 0.106. The number of fused-ring (bicyclic) bond motifs is 1. The zero-order valence-corrected chi connectivity index (χ0v) is 19.8. The van der Waals surface area contributed by atoms with Gasteiger partial charge in [0.15, 0.2) is 0 Å². The van der Waals surface area contributed by atoms with Crippen LogP contribution in [0.3, 0.4) is 0 Å². The van der Waals surface area contributed by atoms with Gasteiger partial charge in [0, 0.05) is 31.3 Å². The van der Waals surface area contributed by atoms with E-state index in [1.54, 1.807) is 17.9 Å². The number of hydrogen-bond donors (Lipinski definition) is 1. The van der Waals surface area contributed by atoms with Crippen LogP contribution in [0.1, 0.15) is 29.8 Å². The molecule has 1 aromatic rings. The third kappa shape index (κ3) is 6.64. The minimum atomic E-state index is -3.40. The average Bonchev–Trinajstić information content (AvgIpc) is 2.69. The first kappa shape index (κ1) is 25.1. The molecule has 172 valence electrons. The van der Waals surface area contributed by atoms with E-state index in [0.717, 1.165) is 6.26 Å². The van der Waals surface area contributed by atoms with E-state index in [9.17, 15) is 18.3 Å². The van der Waals surface area contributed by atoms with Crippen molar-refractivity contribution in [1.82, 2.24) is 19.1 Å². The molecule has 1 aromatic heterocycles. The number of pyridine rings is 1. The largest absolute Gasteiger partial charge is 0.472 e. The highest BCUT2D eigenvalue weighted by atomic mass is 32.2. The molecule has 10 heteroatoms. The first-order chi connectivity index (χ1) is 14.4. The number of carbonyl (C=O) groups is 1. The third-order valence-corrected chi connectivity index (χ3v) is 6.43. The summed E-state index contributed by atoms with van der Waals surface area (Å²) < 4.78 is 31.1. The summed E-state index contributed by atoms with van der Waals surface area (Å²) in [6.07, 6.45) is 2.14. The molecular weight excluding hydrogens is 420 g/mol. The van der Waals surface area contributed by atoms with Crippen molar-refractivity contribution >= 4 is 15.9 Å². The summed E-state index contributed by atoms with van der Waals surface area (Å²) in [7, 11) is 1.91. The normalized spacial score (nSPS) is 20.4. The Hall–Kier alpha value is -2.19. The molecule has 1 amide bonds. The molecule has 0 fully saturated rings. The Bertz CT molecular complexity index is 954. The summed E-state index contributed by atoms with van der Waals surface area (Å²) in [5.74, 6) is 5.64. The van der Waals surface area contributed by atoms with Gasteiger partial charge in [-0.25, -0.2) is 17.7 Å². The van der Waals surface area contributed by atoms with Crippen molar-refractivity contribution in [2.75, 3.05) is 53.6 Å². The van der Waals surface area contributed by atoms with Gasteiger partial charge in [0.1, 0.15) is 11.7 Å². The van der Waals surface area contributed by atoms with E-state index in [0.29, 0.717) is 18.7 Å². The molecule has 1 N–H and O–H groups in total. The Morgan fingerprint density at radius 3 is 2.65 bits per heavy atom. The maximum absolute atomic E-state index is 13.3. The Morgan fingerprint density at radius 1 is 1.39 bits per heavy atom. The van der Waals surface area contributed by atoms with Crippen LogP contribution in [0.2, 0.25) is 0 Å². The fraction of sp³-hybridized carbons (Fsp3) is 0.619. The molecule has 1 aliphatic heterocycles. The number of carbonyl (C=O) groups excluding carboxylic acids is 1. The molecule has 2 rings (SSSR count). The smallest absolute Gasteiger partial charge is 0.259 e. The summed E-state index contributed by atoms with van der Waals surface area (Å²) >= 11 is 0. The summed E-state index contributed by atoms with van der Waals surface area (Å²) in [6.45, 7) is 4.43. The SMILES string of the molecule is C[C@H](CO)N1C[C@H](C)[C@@H](CN(C)S(C)(=O)=O)Oc2ncc(C#CCN(C)C)cc2C1=O. The van der Waals surface area contributed by atoms with Gasteiger partial charge in [-0.3, -0.25) is 9.69 Å². The van der Waals surface area contributed by atoms with Crippen molar-refractivity contribution in [3.05, 3.63) is 23.4 Å². The van der Waals surface area contributed by atoms with Crippen molar-refractivity contribution in [3.8, 4) is 17.7 Å². The van der Waals surface area contributed by atoms with Gasteiger partial charge in [-0.15, -0.1) is 0 Å². The molecule has 2 heterocycles. The molecular formula is C21H32N4O5S. The van der Waals surface area contributed by atoms with Gasteiger partial charge < -0.3 is 14.7 Å². The number of nitrogens with zero attached hydrogens (tertiary/aromatic N) is 4. The van der Waals surface area contributed by atoms with Gasteiger partial charge in [-0.05, 0) is 27.1 Å². The van der Waals surface area contributed by atoms with Crippen LogP contribution >= 0.6 is 0 Å². The maximum atomic E-state index is 13.3. The molecule has 0 saturated heterocycles. The molecule has 9 nitrogen and oxygen atoms in total. The van der Waals surface area contributed by atoms with Gasteiger partial charge >= 0.3 is 0 Å². The number of hydrogen-bond acceptors (Lipinski definition) is 7. The number of ether oxygens (including phenoxy) is 1. The number of rotatable bonds is 6. The van der Waals surface area contributed by atoms with Gasteiger partial charge in [0.2, 0.25) is 15.9 Å². The monoisotopic (exact) mass is 452 g/mol. The molecule has 31 heavy (non-hydrogen) atoms. The lowest BCUT2D eigenvalue weighted by molar-refractivity contribution is 0.0373. The van der Waals surface area contributed by atoms with Crippen molar-refractivity contribution in [2.45, 2.75) is 26.0 Å². The number of amides is 1. The molecule has 0 saturated carbocycles. The van der Waals surface area contributed by atoms with Crippen molar-refractivity contribution in [2.24, 2.45) is 5.92 Å². The van der Waals surface area contributed by atoms with Crippen molar-refractivity contribution in [3.63, 3.8) is 0 Å². The van der Waals surface area contributed by atoms with E-state index in [1.807, 2.05) is 25.9 Å². The van der Waals surface area contributed by atoms with Crippen LogP contribution in [-0.4, -0.2) is 104 Å². The minimum absolute atomic E-state index is 0.112. The van der Waals surface area contributed by atoms with Gasteiger partial charge in [0.25, 0.3) is 5.91 Å². The minimum Gasteiger partial charge on any atom is -0.472 e. The standard InChI is InChI=1S/C21H32N4O5S/c1-15-12-25(16(2)14-26)21(27)18-10-17(8-7-9-23(3)4)11-22-20(18)30-19(15)13-24(5)31(6,28)29/h10-11,15-16,19,26H,9,12-14H2,1-6H3/t15-,16+,19+/m0/s1. The Balaban J connectivity index is 2.48. The van der Waals surface area contributed by atoms with E-state index in [-0.39, 0.29) is 36.4 Å². The van der Waals surface area contributed by atoms with Crippen LogP contribution < -0.4 is 4.74 Å². The highest BCUT2D eigenvalue weighted by Gasteiger charge is 2.35. The second-order valence-corrected chi connectivity index (χ2v) is 10.4. The summed E-state index contributed by atoms with van der Waals surface area (Å²) in [6, 6.07) is 1.22. The molecule has 1 aliphatic rings. The van der Waals surface area contributed by atoms with E-state index < -0.39 is 22.2 Å². The highest BCUT2D eigenvalue weighted by Crippen LogP contribution is 2.27. The quantitative estimate of drug-likeness (QED) is 0.611. The highest BCUT2D eigenvalue weighted by molar-refractivity contribution is 7.88. The number of aromatic nitrogens is 1. The lowest BCUT2D eigenvalue weighted by Crippen LogP contribution is -2.50. The fourth-order valence-corrected chi connectivity index (χ4v) is 3.49. The molecule has 3 atom stereocenters. The zero-order chi connectivity index (χ0) is 23.3. The lowest BCUT2D eigenvalue weighted by Gasteiger charge is -2.37. The van der Waals surface area contributed by atoms with Crippen LogP contribution in [-0.2, 0) is 10.0 Å². The Morgan fingerprint density at radius 2 is 2.06 bits per heavy atom. The maximum Gasteiger partial charge on any atom is 0.259 e. The van der Waals surface area contributed by atoms with E-state index >= 15 is 0 Å². The number of aliphatic hydroxyl groups is 1. The average molecular weight is 453 g/mol. The molecule has 0 bridgehead atoms. The second-order valence-electron chi connectivity index (χ2n) is 8.28. The van der Waals surface area contributed by atoms with Crippen LogP contribution in [0.4, 0.5) is 0 Å². The molecule has 0 aromatic carbocycles. The fourth-order valence-electron chi connectivity index (χ4n) is 3.08. The molecule has 0 spiro atoms. The molecule has 0 unspecified atom stereocenters. The molecule has 0 aliphatic carbocycles. The molecule has 0 radical (unpaired) electrons. The van der Waals surface area contributed by atoms with E-state index in [4.69, 9.17) is 4.74 Å². The summed E-state index contributed by atoms with van der Waals surface area (Å²) in [4.78, 5) is 21.1. The van der Waals surface area contributed by atoms with Crippen LogP contribution in [0.5, 0.6) is 5.88 Å². The zero-order valence-electron chi connectivity index (χ0n) is 19.0. The van der Waals surface area contributed by atoms with Gasteiger partial charge in [0.05, 0.1) is 32.0 Å². The van der Waals surface area contributed by atoms with Crippen LogP contribution in [0.15, 0.2) is 12.3 Å². The topological polar surface area (TPSA) is 103 Å². The van der Waals surface area contributed by atoms with Crippen molar-refractivity contribution < 1.29 is 23.1 Å². The first-order valence-corrected chi connectivity index (χ1v) is 11.9. The second kappa shape index (κ2) is 10.4. The number of likely N-dealkylation sites (N-methyl/N-ethyl adjacent to an activating group) is 1. The van der Waals surface area contributed by atoms with E-state index in [2.05, 4.69) is 16.8 Å². The number of aliphatic hydroxyl groups excluding tert-OH is 1. The first-order valence-electron chi connectivity index (χ1n) is 10.1. The number of sulfonamides is 1. The van der Waals surface area contributed by atoms with Crippen molar-refractivity contribution in [1.29, 1.82) is 0 Å². The lowest BCUT2D eigenvalue weighted by atomic mass is 10.0. The summed E-state index contributed by atoms with van der Waals surface area (Å²) in [5, 5.41) is 9.69. The van der Waals surface area contributed by atoms with Gasteiger partial charge in [-0.2, -0.15) is 0 Å². The predicted molar refractivity (Wildman–Crippen MR) is 118 cm³/mol. The Kier molecular flexibility index (Phi) is 8.42. The third-order valence-electron chi connectivity index (χ3n) is 5.15. The van der Waals surface area contributed by atoms with Crippen LogP contribution in [0, 0.1) is 17.8 Å².